The van der Waals surface area contributed by atoms with E-state index in [0.29, 0.717) is 0 Å². The first-order valence-corrected chi connectivity index (χ1v) is 10.8. The molecule has 1 aromatic carbocycles. The molecule has 14 heteroatoms. The van der Waals surface area contributed by atoms with Crippen LogP contribution in [0.4, 0.5) is 10.5 Å². The highest BCUT2D eigenvalue weighted by Gasteiger charge is 2.35. The molecule has 0 bridgehead atoms. The number of imide groups is 1. The molecule has 190 valence electrons. The smallest absolute Gasteiger partial charge is 0.373 e. The van der Waals surface area contributed by atoms with Gasteiger partial charge in [-0.25, -0.2) is 14.4 Å². The molecule has 1 N–H and O–H groups in total. The number of ether oxygens (including phenoxy) is 3. The fourth-order valence-electron chi connectivity index (χ4n) is 3.13. The van der Waals surface area contributed by atoms with Gasteiger partial charge in [-0.2, -0.15) is 0 Å². The van der Waals surface area contributed by atoms with Gasteiger partial charge < -0.3 is 23.9 Å². The molecule has 0 saturated carbocycles. The fourth-order valence-corrected chi connectivity index (χ4v) is 3.40. The minimum Gasteiger partial charge on any atom is -0.471 e. The summed E-state index contributed by atoms with van der Waals surface area (Å²) in [6, 6.07) is 4.32. The molecule has 1 aliphatic heterocycles. The van der Waals surface area contributed by atoms with Gasteiger partial charge in [-0.15, -0.1) is 0 Å². The highest BCUT2D eigenvalue weighted by Crippen LogP contribution is 2.37. The molecule has 1 atom stereocenters. The lowest BCUT2D eigenvalue weighted by atomic mass is 10.1. The zero-order chi connectivity index (χ0) is 26.6. The van der Waals surface area contributed by atoms with Crippen molar-refractivity contribution in [1.82, 2.24) is 10.2 Å². The summed E-state index contributed by atoms with van der Waals surface area (Å²) >= 11 is 6.19. The molecule has 0 unspecified atom stereocenters. The van der Waals surface area contributed by atoms with Crippen molar-refractivity contribution in [1.29, 1.82) is 0 Å². The molecule has 0 spiro atoms. The van der Waals surface area contributed by atoms with Crippen molar-refractivity contribution in [3.8, 4) is 5.75 Å². The molecule has 1 aromatic heterocycles. The predicted octanol–water partition coefficient (Wildman–Crippen LogP) is 3.05. The van der Waals surface area contributed by atoms with Gasteiger partial charge in [0.15, 0.2) is 6.10 Å². The number of nitro groups is 1. The third-order valence-electron chi connectivity index (χ3n) is 4.79. The quantitative estimate of drug-likeness (QED) is 0.170. The summed E-state index contributed by atoms with van der Waals surface area (Å²) in [5, 5.41) is 13.8. The van der Waals surface area contributed by atoms with Gasteiger partial charge in [0.05, 0.1) is 30.2 Å². The zero-order valence-electron chi connectivity index (χ0n) is 19.2. The van der Waals surface area contributed by atoms with Crippen molar-refractivity contribution in [2.75, 3.05) is 13.7 Å². The third kappa shape index (κ3) is 5.63. The SMILES string of the molecule is CCOC(=O)[C@@H](C)Oc1c(Cl)cc(/C=C2\NC(=O)N(Cc3ccc(C(=O)OC)o3)C2=O)cc1[N+](=O)[O-]. The van der Waals surface area contributed by atoms with Crippen molar-refractivity contribution in [2.45, 2.75) is 26.5 Å². The average molecular weight is 522 g/mol. The zero-order valence-corrected chi connectivity index (χ0v) is 20.0. The van der Waals surface area contributed by atoms with Crippen LogP contribution in [0.25, 0.3) is 6.08 Å². The molecule has 1 aliphatic rings. The van der Waals surface area contributed by atoms with Gasteiger partial charge in [-0.3, -0.25) is 19.8 Å². The number of hydrogen-bond donors (Lipinski definition) is 1. The van der Waals surface area contributed by atoms with Crippen LogP contribution in [0.3, 0.4) is 0 Å². The van der Waals surface area contributed by atoms with Crippen LogP contribution in [0, 0.1) is 10.1 Å². The summed E-state index contributed by atoms with van der Waals surface area (Å²) in [6.07, 6.45) is 0.0237. The highest BCUT2D eigenvalue weighted by molar-refractivity contribution is 6.32. The number of rotatable bonds is 9. The number of amides is 3. The first-order chi connectivity index (χ1) is 17.0. The van der Waals surface area contributed by atoms with Gasteiger partial charge in [-0.1, -0.05) is 11.6 Å². The second kappa shape index (κ2) is 10.9. The molecule has 2 aromatic rings. The maximum Gasteiger partial charge on any atom is 0.373 e. The molecule has 3 rings (SSSR count). The third-order valence-corrected chi connectivity index (χ3v) is 5.07. The molecule has 36 heavy (non-hydrogen) atoms. The Kier molecular flexibility index (Phi) is 7.94. The van der Waals surface area contributed by atoms with Crippen molar-refractivity contribution in [3.05, 3.63) is 62.2 Å². The van der Waals surface area contributed by atoms with Gasteiger partial charge in [0.25, 0.3) is 5.91 Å². The van der Waals surface area contributed by atoms with E-state index in [-0.39, 0.29) is 46.7 Å². The lowest BCUT2D eigenvalue weighted by Gasteiger charge is -2.15. The minimum absolute atomic E-state index is 0.0952. The van der Waals surface area contributed by atoms with E-state index in [2.05, 4.69) is 10.1 Å². The van der Waals surface area contributed by atoms with E-state index < -0.39 is 40.6 Å². The number of hydrogen-bond acceptors (Lipinski definition) is 10. The number of esters is 2. The number of carbonyl (C=O) groups excluding carboxylic acids is 4. The number of halogens is 1. The van der Waals surface area contributed by atoms with E-state index in [1.807, 2.05) is 0 Å². The molecule has 1 saturated heterocycles. The summed E-state index contributed by atoms with van der Waals surface area (Å²) < 4.78 is 20.0. The fraction of sp³-hybridized carbons (Fsp3) is 0.273. The summed E-state index contributed by atoms with van der Waals surface area (Å²) in [7, 11) is 1.18. The Balaban J connectivity index is 1.84. The van der Waals surface area contributed by atoms with E-state index in [0.717, 1.165) is 11.0 Å². The second-order valence-electron chi connectivity index (χ2n) is 7.26. The Morgan fingerprint density at radius 3 is 2.67 bits per heavy atom. The number of urea groups is 1. The summed E-state index contributed by atoms with van der Waals surface area (Å²) in [5.41, 5.74) is -0.636. The van der Waals surface area contributed by atoms with Crippen molar-refractivity contribution in [2.24, 2.45) is 0 Å². The maximum absolute atomic E-state index is 12.8. The molecular weight excluding hydrogens is 502 g/mol. The Bertz CT molecular complexity index is 1270. The van der Waals surface area contributed by atoms with E-state index in [4.69, 9.17) is 25.5 Å². The number of benzene rings is 1. The normalized spacial score (nSPS) is 15.0. The Morgan fingerprint density at radius 1 is 1.31 bits per heavy atom. The van der Waals surface area contributed by atoms with Crippen molar-refractivity contribution < 1.29 is 42.7 Å². The first kappa shape index (κ1) is 26.2. The van der Waals surface area contributed by atoms with Gasteiger partial charge >= 0.3 is 23.7 Å². The molecule has 13 nitrogen and oxygen atoms in total. The largest absolute Gasteiger partial charge is 0.471 e. The number of nitro benzene ring substituents is 1. The number of carbonyl (C=O) groups is 4. The van der Waals surface area contributed by atoms with Gasteiger partial charge in [0.2, 0.25) is 11.5 Å². The van der Waals surface area contributed by atoms with Crippen LogP contribution in [0.2, 0.25) is 5.02 Å². The molecule has 0 radical (unpaired) electrons. The lowest BCUT2D eigenvalue weighted by molar-refractivity contribution is -0.386. The van der Waals surface area contributed by atoms with E-state index >= 15 is 0 Å². The van der Waals surface area contributed by atoms with Crippen LogP contribution in [0.15, 0.2) is 34.4 Å². The van der Waals surface area contributed by atoms with E-state index in [9.17, 15) is 29.3 Å². The molecule has 2 heterocycles. The molecular formula is C22H20ClN3O10. The number of methoxy groups -OCH3 is 1. The first-order valence-electron chi connectivity index (χ1n) is 10.4. The number of furan rings is 1. The second-order valence-corrected chi connectivity index (χ2v) is 7.66. The van der Waals surface area contributed by atoms with Crippen LogP contribution in [-0.4, -0.2) is 53.5 Å². The van der Waals surface area contributed by atoms with Crippen LogP contribution >= 0.6 is 11.6 Å². The maximum atomic E-state index is 12.8. The monoisotopic (exact) mass is 521 g/mol. The molecule has 0 aliphatic carbocycles. The van der Waals surface area contributed by atoms with Crippen molar-refractivity contribution >= 4 is 47.2 Å². The summed E-state index contributed by atoms with van der Waals surface area (Å²) in [5.74, 6) is -2.50. The van der Waals surface area contributed by atoms with Gasteiger partial charge in [0, 0.05) is 6.07 Å². The van der Waals surface area contributed by atoms with E-state index in [1.54, 1.807) is 6.92 Å². The van der Waals surface area contributed by atoms with Crippen LogP contribution in [0.5, 0.6) is 5.75 Å². The van der Waals surface area contributed by atoms with Gasteiger partial charge in [0.1, 0.15) is 11.5 Å². The highest BCUT2D eigenvalue weighted by atomic mass is 35.5. The van der Waals surface area contributed by atoms with Crippen LogP contribution in [0.1, 0.15) is 35.7 Å². The van der Waals surface area contributed by atoms with Crippen molar-refractivity contribution in [3.63, 3.8) is 0 Å². The summed E-state index contributed by atoms with van der Waals surface area (Å²) in [4.78, 5) is 60.1. The summed E-state index contributed by atoms with van der Waals surface area (Å²) in [6.45, 7) is 2.76. The molecule has 3 amide bonds. The Morgan fingerprint density at radius 2 is 2.03 bits per heavy atom. The number of nitrogens with zero attached hydrogens (tertiary/aromatic N) is 2. The predicted molar refractivity (Wildman–Crippen MR) is 122 cm³/mol. The van der Waals surface area contributed by atoms with Crippen LogP contribution in [-0.2, 0) is 25.6 Å². The number of nitrogens with one attached hydrogen (secondary N) is 1. The lowest BCUT2D eigenvalue weighted by Crippen LogP contribution is -2.30. The minimum atomic E-state index is -1.17. The Labute approximate surface area is 208 Å². The average Bonchev–Trinajstić information content (AvgIpc) is 3.40. The van der Waals surface area contributed by atoms with Gasteiger partial charge in [-0.05, 0) is 43.7 Å². The van der Waals surface area contributed by atoms with E-state index in [1.165, 1.54) is 38.3 Å². The molecule has 1 fully saturated rings. The standard InChI is InChI=1S/C22H20ClN3O10/c1-4-34-20(28)11(2)35-18-14(23)7-12(9-16(18)26(31)32)8-15-19(27)25(22(30)24-15)10-13-5-6-17(36-13)21(29)33-3/h5-9,11H,4,10H2,1-3H3,(H,24,30)/b15-8-/t11-/m1/s1. The van der Waals surface area contributed by atoms with Crippen LogP contribution < -0.4 is 10.1 Å². The topological polar surface area (TPSA) is 168 Å². The Hall–Kier alpha value is -4.39.